The number of nitrogens with zero attached hydrogens (tertiary/aromatic N) is 2. The van der Waals surface area contributed by atoms with Gasteiger partial charge in [0.2, 0.25) is 0 Å². The summed E-state index contributed by atoms with van der Waals surface area (Å²) < 4.78 is 11.2. The highest BCUT2D eigenvalue weighted by Gasteiger charge is 2.09. The maximum absolute atomic E-state index is 5.84. The summed E-state index contributed by atoms with van der Waals surface area (Å²) in [5.41, 5.74) is 8.38. The fourth-order valence-corrected chi connectivity index (χ4v) is 3.81. The Kier molecular flexibility index (Phi) is 10.9. The maximum Gasteiger partial charge on any atom is 0.100 e. The molecule has 0 bridgehead atoms. The minimum absolute atomic E-state index is 0.721. The van der Waals surface area contributed by atoms with Gasteiger partial charge >= 0.3 is 0 Å². The van der Waals surface area contributed by atoms with Crippen molar-refractivity contribution in [2.45, 2.75) is 39.5 Å². The third-order valence-corrected chi connectivity index (χ3v) is 6.02. The molecule has 3 rings (SSSR count). The van der Waals surface area contributed by atoms with E-state index in [0.717, 1.165) is 87.9 Å². The first kappa shape index (κ1) is 26.5. The maximum atomic E-state index is 5.84. The van der Waals surface area contributed by atoms with Crippen molar-refractivity contribution in [2.24, 2.45) is 5.10 Å². The van der Waals surface area contributed by atoms with Crippen molar-refractivity contribution in [2.75, 3.05) is 39.5 Å². The van der Waals surface area contributed by atoms with E-state index in [1.54, 1.807) is 0 Å². The predicted octanol–water partition coefficient (Wildman–Crippen LogP) is 5.72. The number of aryl methyl sites for hydroxylation is 1. The molecule has 1 aliphatic rings. The lowest BCUT2D eigenvalue weighted by Crippen LogP contribution is -2.38. The van der Waals surface area contributed by atoms with E-state index in [4.69, 9.17) is 9.47 Å². The second kappa shape index (κ2) is 14.3. The molecule has 0 amide bonds. The van der Waals surface area contributed by atoms with Gasteiger partial charge in [-0.25, -0.2) is 0 Å². The zero-order valence-electron chi connectivity index (χ0n) is 21.3. The molecule has 6 heteroatoms. The van der Waals surface area contributed by atoms with Gasteiger partial charge in [0.1, 0.15) is 6.61 Å². The van der Waals surface area contributed by atoms with E-state index in [1.807, 2.05) is 32.2 Å². The summed E-state index contributed by atoms with van der Waals surface area (Å²) in [5, 5.41) is 5.65. The number of aromatic nitrogens is 1. The van der Waals surface area contributed by atoms with Gasteiger partial charge in [0.25, 0.3) is 0 Å². The van der Waals surface area contributed by atoms with Crippen molar-refractivity contribution in [1.82, 2.24) is 15.3 Å². The molecular weight excluding hydrogens is 436 g/mol. The Balaban J connectivity index is 1.29. The zero-order chi connectivity index (χ0) is 24.9. The molecule has 0 spiro atoms. The number of hydrazone groups is 1. The Hall–Kier alpha value is -3.09. The molecule has 0 radical (unpaired) electrons. The highest BCUT2D eigenvalue weighted by molar-refractivity contribution is 5.93. The van der Waals surface area contributed by atoms with Crippen LogP contribution in [-0.2, 0) is 15.9 Å². The number of benzene rings is 1. The molecule has 1 aromatic carbocycles. The summed E-state index contributed by atoms with van der Waals surface area (Å²) in [6.07, 6.45) is 11.7. The fourth-order valence-electron chi connectivity index (χ4n) is 3.81. The molecule has 2 N–H and O–H groups in total. The van der Waals surface area contributed by atoms with Crippen molar-refractivity contribution in [3.8, 4) is 0 Å². The van der Waals surface area contributed by atoms with E-state index in [2.05, 4.69) is 63.9 Å². The van der Waals surface area contributed by atoms with E-state index in [0.29, 0.717) is 0 Å². The number of morpholine rings is 1. The lowest BCUT2D eigenvalue weighted by Gasteiger charge is -2.26. The summed E-state index contributed by atoms with van der Waals surface area (Å²) in [6, 6.07) is 8.59. The fraction of sp³-hybridized carbons (Fsp3) is 0.414. The number of rotatable bonds is 14. The SMILES string of the molecule is C=C(/C=C/C(C)=N/NC(=C)CCc1ccc2cc[nH]c2c1)CC/C=C(\C)OCCN1CCOCC1. The molecule has 188 valence electrons. The molecule has 1 fully saturated rings. The molecular formula is C29H40N4O2. The van der Waals surface area contributed by atoms with Crippen molar-refractivity contribution in [1.29, 1.82) is 0 Å². The average Bonchev–Trinajstić information content (AvgIpc) is 3.33. The topological polar surface area (TPSA) is 61.9 Å². The second-order valence-corrected chi connectivity index (χ2v) is 9.02. The highest BCUT2D eigenvalue weighted by Crippen LogP contribution is 2.16. The molecule has 1 saturated heterocycles. The number of hydrogen-bond donors (Lipinski definition) is 2. The summed E-state index contributed by atoms with van der Waals surface area (Å²) in [6.45, 7) is 17.6. The molecule has 0 atom stereocenters. The molecule has 0 saturated carbocycles. The van der Waals surface area contributed by atoms with Crippen LogP contribution in [0.4, 0.5) is 0 Å². The molecule has 35 heavy (non-hydrogen) atoms. The lowest BCUT2D eigenvalue weighted by atomic mass is 10.1. The minimum Gasteiger partial charge on any atom is -0.497 e. The Morgan fingerprint density at radius 2 is 2.00 bits per heavy atom. The largest absolute Gasteiger partial charge is 0.497 e. The Labute approximate surface area is 210 Å². The van der Waals surface area contributed by atoms with Crippen molar-refractivity contribution in [3.05, 3.63) is 84.4 Å². The third-order valence-electron chi connectivity index (χ3n) is 6.02. The van der Waals surface area contributed by atoms with Crippen LogP contribution in [0.15, 0.2) is 84.0 Å². The van der Waals surface area contributed by atoms with Crippen molar-refractivity contribution < 1.29 is 9.47 Å². The molecule has 1 aliphatic heterocycles. The number of ether oxygens (including phenoxy) is 2. The van der Waals surface area contributed by atoms with E-state index < -0.39 is 0 Å². The average molecular weight is 477 g/mol. The van der Waals surface area contributed by atoms with Crippen LogP contribution >= 0.6 is 0 Å². The van der Waals surface area contributed by atoms with Gasteiger partial charge in [0.15, 0.2) is 0 Å². The van der Waals surface area contributed by atoms with Gasteiger partial charge in [-0.3, -0.25) is 10.3 Å². The number of allylic oxidation sites excluding steroid dienone is 6. The molecule has 6 nitrogen and oxygen atoms in total. The molecule has 2 aromatic rings. The smallest absolute Gasteiger partial charge is 0.100 e. The van der Waals surface area contributed by atoms with Gasteiger partial charge in [-0.1, -0.05) is 36.9 Å². The van der Waals surface area contributed by atoms with Crippen LogP contribution in [0.5, 0.6) is 0 Å². The van der Waals surface area contributed by atoms with Gasteiger partial charge in [-0.05, 0) is 74.8 Å². The molecule has 0 aliphatic carbocycles. The van der Waals surface area contributed by atoms with Gasteiger partial charge in [0.05, 0.1) is 24.7 Å². The van der Waals surface area contributed by atoms with E-state index >= 15 is 0 Å². The Morgan fingerprint density at radius 3 is 2.83 bits per heavy atom. The number of fused-ring (bicyclic) bond motifs is 1. The van der Waals surface area contributed by atoms with E-state index in [1.165, 1.54) is 16.5 Å². The minimum atomic E-state index is 0.721. The summed E-state index contributed by atoms with van der Waals surface area (Å²) in [5.74, 6) is 0.975. The number of aromatic amines is 1. The van der Waals surface area contributed by atoms with Crippen LogP contribution < -0.4 is 5.43 Å². The molecule has 1 aromatic heterocycles. The second-order valence-electron chi connectivity index (χ2n) is 9.02. The summed E-state index contributed by atoms with van der Waals surface area (Å²) in [7, 11) is 0. The number of hydrogen-bond acceptors (Lipinski definition) is 5. The van der Waals surface area contributed by atoms with Crippen LogP contribution in [-0.4, -0.2) is 55.1 Å². The van der Waals surface area contributed by atoms with Crippen molar-refractivity contribution in [3.63, 3.8) is 0 Å². The first-order valence-corrected chi connectivity index (χ1v) is 12.5. The standard InChI is InChI=1S/C29H40N4O2/c1-23(6-5-7-26(4)35-21-18-33-16-19-34-20-17-33)8-9-24(2)31-32-25(3)10-11-27-12-13-28-14-15-30-29(28)22-27/h7-9,12-15,22,30,32H,1,3,5-6,10-11,16-21H2,2,4H3/b9-8+,26-7+,31-24+. The quantitative estimate of drug-likeness (QED) is 0.158. The van der Waals surface area contributed by atoms with Crippen LogP contribution in [0.25, 0.3) is 10.9 Å². The summed E-state index contributed by atoms with van der Waals surface area (Å²) >= 11 is 0. The van der Waals surface area contributed by atoms with Crippen LogP contribution in [0.2, 0.25) is 0 Å². The van der Waals surface area contributed by atoms with Gasteiger partial charge in [-0.15, -0.1) is 0 Å². The normalized spacial score (nSPS) is 15.6. The van der Waals surface area contributed by atoms with Crippen LogP contribution in [0, 0.1) is 0 Å². The zero-order valence-corrected chi connectivity index (χ0v) is 21.3. The van der Waals surface area contributed by atoms with Gasteiger partial charge in [0, 0.05) is 37.0 Å². The highest BCUT2D eigenvalue weighted by atomic mass is 16.5. The number of H-pyrrole nitrogens is 1. The first-order valence-electron chi connectivity index (χ1n) is 12.5. The van der Waals surface area contributed by atoms with E-state index in [9.17, 15) is 0 Å². The molecule has 2 heterocycles. The van der Waals surface area contributed by atoms with Gasteiger partial charge in [-0.2, -0.15) is 5.10 Å². The Bertz CT molecular complexity index is 1060. The number of nitrogens with one attached hydrogen (secondary N) is 2. The van der Waals surface area contributed by atoms with Crippen LogP contribution in [0.1, 0.15) is 38.7 Å². The van der Waals surface area contributed by atoms with Crippen molar-refractivity contribution >= 4 is 16.6 Å². The predicted molar refractivity (Wildman–Crippen MR) is 146 cm³/mol. The monoisotopic (exact) mass is 476 g/mol. The third kappa shape index (κ3) is 9.97. The van der Waals surface area contributed by atoms with Crippen LogP contribution in [0.3, 0.4) is 0 Å². The lowest BCUT2D eigenvalue weighted by molar-refractivity contribution is 0.0275. The van der Waals surface area contributed by atoms with E-state index in [-0.39, 0.29) is 0 Å². The van der Waals surface area contributed by atoms with Gasteiger partial charge < -0.3 is 14.5 Å². The Morgan fingerprint density at radius 1 is 1.17 bits per heavy atom. The summed E-state index contributed by atoms with van der Waals surface area (Å²) in [4.78, 5) is 5.64. The molecule has 0 unspecified atom stereocenters. The first-order chi connectivity index (χ1) is 17.0.